The van der Waals surface area contributed by atoms with Crippen molar-refractivity contribution < 1.29 is 9.53 Å². The van der Waals surface area contributed by atoms with E-state index in [9.17, 15) is 4.79 Å². The number of carbonyl (C=O) groups is 1. The van der Waals surface area contributed by atoms with Crippen LogP contribution >= 0.6 is 0 Å². The number of benzene rings is 1. The van der Waals surface area contributed by atoms with E-state index < -0.39 is 5.41 Å². The summed E-state index contributed by atoms with van der Waals surface area (Å²) in [5.41, 5.74) is 2.83. The first kappa shape index (κ1) is 14.0. The average molecular weight is 262 g/mol. The highest BCUT2D eigenvalue weighted by Crippen LogP contribution is 2.28. The lowest BCUT2D eigenvalue weighted by Gasteiger charge is -2.26. The standard InChI is InChI=1S/C15H22N2O2/c1-11-4-5-13(8-12(11)2)17-14(18)15(10-19-3)6-7-16-9-15/h4-5,8,16H,6-7,9-10H2,1-3H3,(H,17,18). The quantitative estimate of drug-likeness (QED) is 0.871. The third kappa shape index (κ3) is 2.96. The number of hydrogen-bond donors (Lipinski definition) is 2. The van der Waals surface area contributed by atoms with Crippen LogP contribution in [0.25, 0.3) is 0 Å². The molecule has 2 N–H and O–H groups in total. The Bertz CT molecular complexity index is 465. The maximum atomic E-state index is 12.5. The first-order chi connectivity index (χ1) is 9.07. The highest BCUT2D eigenvalue weighted by atomic mass is 16.5. The van der Waals surface area contributed by atoms with Crippen molar-refractivity contribution in [3.63, 3.8) is 0 Å². The Hall–Kier alpha value is -1.39. The average Bonchev–Trinajstić information content (AvgIpc) is 2.84. The van der Waals surface area contributed by atoms with Crippen molar-refractivity contribution in [1.82, 2.24) is 5.32 Å². The molecule has 1 heterocycles. The predicted octanol–water partition coefficient (Wildman–Crippen LogP) is 1.87. The Morgan fingerprint density at radius 2 is 2.21 bits per heavy atom. The van der Waals surface area contributed by atoms with E-state index in [1.54, 1.807) is 7.11 Å². The molecule has 1 aliphatic rings. The molecule has 19 heavy (non-hydrogen) atoms. The molecule has 1 aliphatic heterocycles. The van der Waals surface area contributed by atoms with E-state index in [1.807, 2.05) is 25.1 Å². The fourth-order valence-corrected chi connectivity index (χ4v) is 2.49. The third-order valence-corrected chi connectivity index (χ3v) is 3.91. The van der Waals surface area contributed by atoms with E-state index in [1.165, 1.54) is 11.1 Å². The highest BCUT2D eigenvalue weighted by Gasteiger charge is 2.41. The lowest BCUT2D eigenvalue weighted by Crippen LogP contribution is -2.41. The molecule has 1 aromatic rings. The number of aryl methyl sites for hydroxylation is 2. The van der Waals surface area contributed by atoms with Crippen LogP contribution in [0.2, 0.25) is 0 Å². The second-order valence-corrected chi connectivity index (χ2v) is 5.39. The summed E-state index contributed by atoms with van der Waals surface area (Å²) in [6.07, 6.45) is 0.817. The first-order valence-corrected chi connectivity index (χ1v) is 6.66. The van der Waals surface area contributed by atoms with Gasteiger partial charge in [0.2, 0.25) is 5.91 Å². The van der Waals surface area contributed by atoms with Crippen LogP contribution in [0.1, 0.15) is 17.5 Å². The van der Waals surface area contributed by atoms with E-state index in [0.717, 1.165) is 18.7 Å². The Kier molecular flexibility index (Phi) is 4.22. The molecule has 0 aromatic heterocycles. The molecule has 1 aromatic carbocycles. The molecule has 1 fully saturated rings. The summed E-state index contributed by atoms with van der Waals surface area (Å²) in [4.78, 5) is 12.5. The topological polar surface area (TPSA) is 50.4 Å². The van der Waals surface area contributed by atoms with Gasteiger partial charge in [-0.05, 0) is 50.1 Å². The summed E-state index contributed by atoms with van der Waals surface area (Å²) in [5, 5.41) is 6.26. The molecule has 0 saturated carbocycles. The minimum absolute atomic E-state index is 0.0441. The van der Waals surface area contributed by atoms with Gasteiger partial charge in [-0.1, -0.05) is 6.07 Å². The number of hydrogen-bond acceptors (Lipinski definition) is 3. The largest absolute Gasteiger partial charge is 0.384 e. The van der Waals surface area contributed by atoms with E-state index >= 15 is 0 Å². The second-order valence-electron chi connectivity index (χ2n) is 5.39. The maximum Gasteiger partial charge on any atom is 0.234 e. The van der Waals surface area contributed by atoms with Gasteiger partial charge in [0.1, 0.15) is 0 Å². The van der Waals surface area contributed by atoms with Crippen LogP contribution in [-0.2, 0) is 9.53 Å². The summed E-state index contributed by atoms with van der Waals surface area (Å²) in [6, 6.07) is 5.99. The number of methoxy groups -OCH3 is 1. The molecule has 1 unspecified atom stereocenters. The minimum Gasteiger partial charge on any atom is -0.384 e. The molecule has 2 rings (SSSR count). The fourth-order valence-electron chi connectivity index (χ4n) is 2.49. The van der Waals surface area contributed by atoms with Crippen molar-refractivity contribution in [3.8, 4) is 0 Å². The van der Waals surface area contributed by atoms with Crippen LogP contribution in [0.4, 0.5) is 5.69 Å². The first-order valence-electron chi connectivity index (χ1n) is 6.66. The second kappa shape index (κ2) is 5.72. The van der Waals surface area contributed by atoms with Gasteiger partial charge in [-0.25, -0.2) is 0 Å². The van der Waals surface area contributed by atoms with Crippen molar-refractivity contribution in [1.29, 1.82) is 0 Å². The van der Waals surface area contributed by atoms with Crippen molar-refractivity contribution >= 4 is 11.6 Å². The van der Waals surface area contributed by atoms with E-state index in [4.69, 9.17) is 4.74 Å². The number of rotatable bonds is 4. The molecule has 1 atom stereocenters. The molecule has 4 heteroatoms. The van der Waals surface area contributed by atoms with Crippen LogP contribution in [0.5, 0.6) is 0 Å². The number of carbonyl (C=O) groups excluding carboxylic acids is 1. The fraction of sp³-hybridized carbons (Fsp3) is 0.533. The predicted molar refractivity (Wildman–Crippen MR) is 76.3 cm³/mol. The SMILES string of the molecule is COCC1(C(=O)Nc2ccc(C)c(C)c2)CCNC1. The smallest absolute Gasteiger partial charge is 0.234 e. The summed E-state index contributed by atoms with van der Waals surface area (Å²) in [6.45, 7) is 6.11. The molecule has 4 nitrogen and oxygen atoms in total. The summed E-state index contributed by atoms with van der Waals surface area (Å²) in [5.74, 6) is 0.0441. The third-order valence-electron chi connectivity index (χ3n) is 3.91. The normalized spacial score (nSPS) is 22.5. The van der Waals surface area contributed by atoms with Crippen LogP contribution in [0, 0.1) is 19.3 Å². The van der Waals surface area contributed by atoms with E-state index in [0.29, 0.717) is 13.2 Å². The zero-order valence-corrected chi connectivity index (χ0v) is 11.9. The van der Waals surface area contributed by atoms with Gasteiger partial charge in [-0.2, -0.15) is 0 Å². The van der Waals surface area contributed by atoms with Gasteiger partial charge >= 0.3 is 0 Å². The van der Waals surface area contributed by atoms with Gasteiger partial charge in [-0.3, -0.25) is 4.79 Å². The van der Waals surface area contributed by atoms with Gasteiger partial charge in [0.15, 0.2) is 0 Å². The van der Waals surface area contributed by atoms with Gasteiger partial charge in [0, 0.05) is 19.3 Å². The molecular weight excluding hydrogens is 240 g/mol. The molecule has 1 saturated heterocycles. The van der Waals surface area contributed by atoms with E-state index in [2.05, 4.69) is 17.6 Å². The van der Waals surface area contributed by atoms with Crippen LogP contribution in [0.3, 0.4) is 0 Å². The van der Waals surface area contributed by atoms with Crippen molar-refractivity contribution in [2.24, 2.45) is 5.41 Å². The Morgan fingerprint density at radius 1 is 1.42 bits per heavy atom. The Balaban J connectivity index is 2.12. The number of ether oxygens (including phenoxy) is 1. The van der Waals surface area contributed by atoms with Gasteiger partial charge in [-0.15, -0.1) is 0 Å². The molecule has 0 spiro atoms. The van der Waals surface area contributed by atoms with Crippen LogP contribution < -0.4 is 10.6 Å². The zero-order chi connectivity index (χ0) is 13.9. The molecular formula is C15H22N2O2. The monoisotopic (exact) mass is 262 g/mol. The van der Waals surface area contributed by atoms with Crippen molar-refractivity contribution in [2.45, 2.75) is 20.3 Å². The Morgan fingerprint density at radius 3 is 2.79 bits per heavy atom. The van der Waals surface area contributed by atoms with Gasteiger partial charge in [0.05, 0.1) is 12.0 Å². The molecule has 0 radical (unpaired) electrons. The molecule has 0 aliphatic carbocycles. The van der Waals surface area contributed by atoms with Crippen molar-refractivity contribution in [2.75, 3.05) is 32.1 Å². The van der Waals surface area contributed by atoms with Gasteiger partial charge < -0.3 is 15.4 Å². The van der Waals surface area contributed by atoms with Crippen molar-refractivity contribution in [3.05, 3.63) is 29.3 Å². The lowest BCUT2D eigenvalue weighted by atomic mass is 9.87. The molecule has 1 amide bonds. The lowest BCUT2D eigenvalue weighted by molar-refractivity contribution is -0.127. The summed E-state index contributed by atoms with van der Waals surface area (Å²) in [7, 11) is 1.64. The summed E-state index contributed by atoms with van der Waals surface area (Å²) < 4.78 is 5.23. The summed E-state index contributed by atoms with van der Waals surface area (Å²) >= 11 is 0. The van der Waals surface area contributed by atoms with Gasteiger partial charge in [0.25, 0.3) is 0 Å². The maximum absolute atomic E-state index is 12.5. The van der Waals surface area contributed by atoms with Crippen LogP contribution in [-0.4, -0.2) is 32.7 Å². The number of nitrogens with one attached hydrogen (secondary N) is 2. The molecule has 0 bridgehead atoms. The van der Waals surface area contributed by atoms with Crippen LogP contribution in [0.15, 0.2) is 18.2 Å². The zero-order valence-electron chi connectivity index (χ0n) is 11.9. The highest BCUT2D eigenvalue weighted by molar-refractivity contribution is 5.96. The molecule has 104 valence electrons. The number of anilines is 1. The number of amides is 1. The minimum atomic E-state index is -0.437. The van der Waals surface area contributed by atoms with E-state index in [-0.39, 0.29) is 5.91 Å². The Labute approximate surface area is 114 Å².